The summed E-state index contributed by atoms with van der Waals surface area (Å²) >= 11 is 0. The lowest BCUT2D eigenvalue weighted by molar-refractivity contribution is 0.0507. The summed E-state index contributed by atoms with van der Waals surface area (Å²) in [6.07, 6.45) is 1.35. The number of ether oxygens (including phenoxy) is 3. The predicted molar refractivity (Wildman–Crippen MR) is 123 cm³/mol. The molecule has 174 valence electrons. The summed E-state index contributed by atoms with van der Waals surface area (Å²) in [7, 11) is 1.66. The summed E-state index contributed by atoms with van der Waals surface area (Å²) < 4.78 is 16.3. The molecule has 1 aliphatic heterocycles. The van der Waals surface area contributed by atoms with Crippen molar-refractivity contribution in [2.75, 3.05) is 39.9 Å². The van der Waals surface area contributed by atoms with Gasteiger partial charge in [0.15, 0.2) is 5.96 Å². The molecule has 0 radical (unpaired) electrons. The molecule has 1 aliphatic rings. The van der Waals surface area contributed by atoms with Crippen LogP contribution in [-0.4, -0.2) is 68.5 Å². The first-order valence-electron chi connectivity index (χ1n) is 11.0. The van der Waals surface area contributed by atoms with E-state index in [9.17, 15) is 4.79 Å². The topological polar surface area (TPSA) is 84.4 Å². The summed E-state index contributed by atoms with van der Waals surface area (Å²) in [5.41, 5.74) is 0.632. The number of alkyl carbamates (subject to hydrolysis) is 1. The molecule has 1 atom stereocenters. The van der Waals surface area contributed by atoms with Gasteiger partial charge in [-0.05, 0) is 58.2 Å². The lowest BCUT2D eigenvalue weighted by Gasteiger charge is -2.23. The summed E-state index contributed by atoms with van der Waals surface area (Å²) in [5.74, 6) is 1.73. The van der Waals surface area contributed by atoms with E-state index in [4.69, 9.17) is 19.2 Å². The molecular formula is C23H38N4O4. The Balaban J connectivity index is 1.71. The molecule has 1 unspecified atom stereocenters. The molecule has 0 bridgehead atoms. The highest BCUT2D eigenvalue weighted by Gasteiger charge is 2.27. The molecule has 0 aliphatic carbocycles. The van der Waals surface area contributed by atoms with E-state index < -0.39 is 5.60 Å². The van der Waals surface area contributed by atoms with Crippen molar-refractivity contribution < 1.29 is 19.0 Å². The Morgan fingerprint density at radius 1 is 1.26 bits per heavy atom. The van der Waals surface area contributed by atoms with Gasteiger partial charge in [-0.3, -0.25) is 4.99 Å². The Kier molecular flexibility index (Phi) is 9.91. The van der Waals surface area contributed by atoms with Gasteiger partial charge in [-0.1, -0.05) is 12.1 Å². The third-order valence-electron chi connectivity index (χ3n) is 4.68. The molecule has 8 heteroatoms. The Morgan fingerprint density at radius 3 is 2.65 bits per heavy atom. The minimum atomic E-state index is -0.492. The zero-order valence-corrected chi connectivity index (χ0v) is 19.6. The van der Waals surface area contributed by atoms with E-state index in [-0.39, 0.29) is 12.1 Å². The van der Waals surface area contributed by atoms with E-state index >= 15 is 0 Å². The summed E-state index contributed by atoms with van der Waals surface area (Å²) in [5, 5.41) is 6.30. The second-order valence-electron chi connectivity index (χ2n) is 8.57. The van der Waals surface area contributed by atoms with Crippen LogP contribution in [-0.2, 0) is 16.1 Å². The van der Waals surface area contributed by atoms with Crippen LogP contribution in [0.5, 0.6) is 5.75 Å². The lowest BCUT2D eigenvalue weighted by atomic mass is 10.2. The quantitative estimate of drug-likeness (QED) is 0.353. The molecule has 31 heavy (non-hydrogen) atoms. The van der Waals surface area contributed by atoms with E-state index in [1.165, 1.54) is 0 Å². The second kappa shape index (κ2) is 12.4. The molecule has 2 rings (SSSR count). The molecule has 1 amide bonds. The number of guanidine groups is 1. The number of likely N-dealkylation sites (tertiary alicyclic amines) is 1. The lowest BCUT2D eigenvalue weighted by Crippen LogP contribution is -2.44. The van der Waals surface area contributed by atoms with Gasteiger partial charge in [0.2, 0.25) is 0 Å². The highest BCUT2D eigenvalue weighted by molar-refractivity contribution is 5.80. The van der Waals surface area contributed by atoms with Crippen LogP contribution < -0.4 is 15.4 Å². The third kappa shape index (κ3) is 9.46. The van der Waals surface area contributed by atoms with Crippen LogP contribution in [0.25, 0.3) is 0 Å². The maximum Gasteiger partial charge on any atom is 0.407 e. The highest BCUT2D eigenvalue weighted by Crippen LogP contribution is 2.13. The van der Waals surface area contributed by atoms with E-state index in [2.05, 4.69) is 22.5 Å². The number of aliphatic imine (C=N–C) groups is 1. The molecular weight excluding hydrogens is 396 g/mol. The van der Waals surface area contributed by atoms with Crippen molar-refractivity contribution in [1.29, 1.82) is 0 Å². The average Bonchev–Trinajstić information content (AvgIpc) is 3.16. The average molecular weight is 435 g/mol. The van der Waals surface area contributed by atoms with Gasteiger partial charge >= 0.3 is 6.09 Å². The summed E-state index contributed by atoms with van der Waals surface area (Å²) in [4.78, 5) is 18.9. The first-order valence-corrected chi connectivity index (χ1v) is 11.0. The van der Waals surface area contributed by atoms with E-state index in [1.807, 2.05) is 45.0 Å². The van der Waals surface area contributed by atoms with Crippen LogP contribution in [0.2, 0.25) is 0 Å². The van der Waals surface area contributed by atoms with Gasteiger partial charge in [-0.2, -0.15) is 0 Å². The Labute approximate surface area is 186 Å². The number of benzene rings is 1. The first-order chi connectivity index (χ1) is 14.8. The van der Waals surface area contributed by atoms with Crippen molar-refractivity contribution in [2.24, 2.45) is 4.99 Å². The Bertz CT molecular complexity index is 701. The van der Waals surface area contributed by atoms with Gasteiger partial charge < -0.3 is 29.7 Å². The van der Waals surface area contributed by atoms with Crippen LogP contribution in [0.1, 0.15) is 46.1 Å². The number of rotatable bonds is 9. The SMILES string of the molecule is CCNC(=NCCCOCc1ccc(OC)cc1)N1CCC(NC(=O)OC(C)(C)C)C1. The fraction of sp³-hybridized carbons (Fsp3) is 0.652. The van der Waals surface area contributed by atoms with Crippen LogP contribution in [0.4, 0.5) is 4.79 Å². The maximum absolute atomic E-state index is 12.0. The van der Waals surface area contributed by atoms with E-state index in [0.29, 0.717) is 19.8 Å². The zero-order valence-electron chi connectivity index (χ0n) is 19.6. The van der Waals surface area contributed by atoms with Crippen molar-refractivity contribution in [3.05, 3.63) is 29.8 Å². The van der Waals surface area contributed by atoms with E-state index in [1.54, 1.807) is 7.11 Å². The van der Waals surface area contributed by atoms with Crippen molar-refractivity contribution in [3.63, 3.8) is 0 Å². The molecule has 0 spiro atoms. The number of amides is 1. The largest absolute Gasteiger partial charge is 0.497 e. The van der Waals surface area contributed by atoms with Crippen LogP contribution in [0.15, 0.2) is 29.3 Å². The third-order valence-corrected chi connectivity index (χ3v) is 4.68. The number of hydrogen-bond donors (Lipinski definition) is 2. The molecule has 1 heterocycles. The van der Waals surface area contributed by atoms with E-state index in [0.717, 1.165) is 49.7 Å². The van der Waals surface area contributed by atoms with Crippen LogP contribution in [0.3, 0.4) is 0 Å². The standard InChI is InChI=1S/C23H38N4O4/c1-6-24-21(27-14-12-19(16-27)26-22(28)31-23(2,3)4)25-13-7-15-30-17-18-8-10-20(29-5)11-9-18/h8-11,19H,6-7,12-17H2,1-5H3,(H,24,25)(H,26,28). The minimum absolute atomic E-state index is 0.0616. The molecule has 8 nitrogen and oxygen atoms in total. The molecule has 1 aromatic rings. The van der Waals surface area contributed by atoms with Gasteiger partial charge in [-0.25, -0.2) is 4.79 Å². The monoisotopic (exact) mass is 434 g/mol. The molecule has 2 N–H and O–H groups in total. The number of carbonyl (C=O) groups excluding carboxylic acids is 1. The van der Waals surface area contributed by atoms with Crippen molar-refractivity contribution >= 4 is 12.1 Å². The highest BCUT2D eigenvalue weighted by atomic mass is 16.6. The fourth-order valence-electron chi connectivity index (χ4n) is 3.23. The fourth-order valence-corrected chi connectivity index (χ4v) is 3.23. The summed E-state index contributed by atoms with van der Waals surface area (Å²) in [6.45, 7) is 11.9. The normalized spacial score (nSPS) is 16.9. The van der Waals surface area contributed by atoms with Crippen LogP contribution >= 0.6 is 0 Å². The minimum Gasteiger partial charge on any atom is -0.497 e. The molecule has 1 aromatic carbocycles. The number of methoxy groups -OCH3 is 1. The first kappa shape index (κ1) is 24.8. The van der Waals surface area contributed by atoms with Gasteiger partial charge in [0.1, 0.15) is 11.4 Å². The molecule has 0 saturated carbocycles. The number of carbonyl (C=O) groups is 1. The van der Waals surface area contributed by atoms with Crippen LogP contribution in [0, 0.1) is 0 Å². The van der Waals surface area contributed by atoms with Gasteiger partial charge in [0.05, 0.1) is 19.8 Å². The van der Waals surface area contributed by atoms with Gasteiger partial charge in [0, 0.05) is 32.8 Å². The van der Waals surface area contributed by atoms with Crippen molar-refractivity contribution in [3.8, 4) is 5.75 Å². The maximum atomic E-state index is 12.0. The van der Waals surface area contributed by atoms with Gasteiger partial charge in [-0.15, -0.1) is 0 Å². The van der Waals surface area contributed by atoms with Gasteiger partial charge in [0.25, 0.3) is 0 Å². The summed E-state index contributed by atoms with van der Waals surface area (Å²) in [6, 6.07) is 7.95. The smallest absolute Gasteiger partial charge is 0.407 e. The molecule has 1 saturated heterocycles. The number of nitrogens with zero attached hydrogens (tertiary/aromatic N) is 2. The molecule has 1 fully saturated rings. The Morgan fingerprint density at radius 2 is 2.00 bits per heavy atom. The predicted octanol–water partition coefficient (Wildman–Crippen LogP) is 3.17. The van der Waals surface area contributed by atoms with Crippen molar-refractivity contribution in [2.45, 2.75) is 58.8 Å². The Hall–Kier alpha value is -2.48. The number of hydrogen-bond acceptors (Lipinski definition) is 5. The molecule has 0 aromatic heterocycles. The number of nitrogens with one attached hydrogen (secondary N) is 2. The van der Waals surface area contributed by atoms with Crippen molar-refractivity contribution in [1.82, 2.24) is 15.5 Å². The second-order valence-corrected chi connectivity index (χ2v) is 8.57. The zero-order chi connectivity index (χ0) is 22.7.